The highest BCUT2D eigenvalue weighted by Crippen LogP contribution is 2.29. The second kappa shape index (κ2) is 8.74. The summed E-state index contributed by atoms with van der Waals surface area (Å²) >= 11 is 0. The Morgan fingerprint density at radius 3 is 1.76 bits per heavy atom. The Balaban J connectivity index is 1.54. The van der Waals surface area contributed by atoms with Crippen LogP contribution < -0.4 is 4.74 Å². The maximum Gasteiger partial charge on any atom is 0.185 e. The van der Waals surface area contributed by atoms with Crippen molar-refractivity contribution in [1.29, 1.82) is 0 Å². The first-order valence-electron chi connectivity index (χ1n) is 9.98. The van der Waals surface area contributed by atoms with Gasteiger partial charge in [0.2, 0.25) is 0 Å². The van der Waals surface area contributed by atoms with Crippen LogP contribution in [-0.2, 0) is 4.79 Å². The summed E-state index contributed by atoms with van der Waals surface area (Å²) in [6, 6.07) is 26.5. The third-order valence-corrected chi connectivity index (χ3v) is 5.29. The average Bonchev–Trinajstić information content (AvgIpc) is 2.78. The lowest BCUT2D eigenvalue weighted by molar-refractivity contribution is -0.112. The monoisotopic (exact) mass is 380 g/mol. The highest BCUT2D eigenvalue weighted by atomic mass is 16.5. The van der Waals surface area contributed by atoms with Crippen LogP contribution in [0.15, 0.2) is 90.0 Å². The third-order valence-electron chi connectivity index (χ3n) is 5.29. The van der Waals surface area contributed by atoms with Gasteiger partial charge in [0.1, 0.15) is 5.75 Å². The zero-order valence-corrected chi connectivity index (χ0v) is 16.6. The molecule has 0 aliphatic heterocycles. The van der Waals surface area contributed by atoms with Gasteiger partial charge in [-0.2, -0.15) is 0 Å². The van der Waals surface area contributed by atoms with Crippen LogP contribution in [0.4, 0.5) is 0 Å². The molecule has 0 saturated heterocycles. The molecule has 1 aliphatic carbocycles. The van der Waals surface area contributed by atoms with Gasteiger partial charge in [0, 0.05) is 11.1 Å². The van der Waals surface area contributed by atoms with Crippen LogP contribution in [0.25, 0.3) is 23.3 Å². The number of rotatable bonds is 4. The molecule has 0 heterocycles. The van der Waals surface area contributed by atoms with Crippen LogP contribution in [-0.4, -0.2) is 12.9 Å². The zero-order valence-electron chi connectivity index (χ0n) is 16.6. The molecule has 0 spiro atoms. The smallest absolute Gasteiger partial charge is 0.185 e. The highest BCUT2D eigenvalue weighted by molar-refractivity contribution is 6.14. The van der Waals surface area contributed by atoms with E-state index in [1.165, 1.54) is 11.1 Å². The third kappa shape index (κ3) is 4.55. The van der Waals surface area contributed by atoms with Gasteiger partial charge in [0.05, 0.1) is 7.11 Å². The van der Waals surface area contributed by atoms with Crippen LogP contribution >= 0.6 is 0 Å². The molecule has 3 aromatic rings. The molecule has 0 amide bonds. The molecule has 1 saturated carbocycles. The lowest BCUT2D eigenvalue weighted by Crippen LogP contribution is -2.12. The molecule has 1 fully saturated rings. The number of methoxy groups -OCH3 is 1. The van der Waals surface area contributed by atoms with Crippen LogP contribution in [0.3, 0.4) is 0 Å². The van der Waals surface area contributed by atoms with E-state index in [1.807, 2.05) is 54.6 Å². The summed E-state index contributed by atoms with van der Waals surface area (Å²) in [6.45, 7) is 0. The van der Waals surface area contributed by atoms with Gasteiger partial charge in [-0.3, -0.25) is 4.79 Å². The predicted octanol–water partition coefficient (Wildman–Crippen LogP) is 6.58. The SMILES string of the molecule is COc1ccc(/C=C2/CCC/C(=C/c3ccc(-c4ccccc4)cc3)C2=O)cc1. The fraction of sp³-hybridized carbons (Fsp3) is 0.148. The Morgan fingerprint density at radius 1 is 0.690 bits per heavy atom. The Hall–Kier alpha value is -3.39. The summed E-state index contributed by atoms with van der Waals surface area (Å²) in [5.41, 5.74) is 6.26. The summed E-state index contributed by atoms with van der Waals surface area (Å²) in [7, 11) is 1.65. The van der Waals surface area contributed by atoms with Crippen molar-refractivity contribution in [2.24, 2.45) is 0 Å². The second-order valence-corrected chi connectivity index (χ2v) is 7.28. The Kier molecular flexibility index (Phi) is 5.71. The van der Waals surface area contributed by atoms with E-state index < -0.39 is 0 Å². The maximum absolute atomic E-state index is 13.0. The summed E-state index contributed by atoms with van der Waals surface area (Å²) in [6.07, 6.45) is 6.71. The Bertz CT molecular complexity index is 1040. The molecule has 0 radical (unpaired) electrons. The summed E-state index contributed by atoms with van der Waals surface area (Å²) in [4.78, 5) is 13.0. The number of hydrogen-bond donors (Lipinski definition) is 0. The molecule has 3 aromatic carbocycles. The molecular weight excluding hydrogens is 356 g/mol. The van der Waals surface area contributed by atoms with Crippen molar-refractivity contribution in [2.45, 2.75) is 19.3 Å². The molecule has 0 aromatic heterocycles. The number of Topliss-reactive ketones (excluding diaryl/α,β-unsaturated/α-hetero) is 1. The number of hydrogen-bond acceptors (Lipinski definition) is 2. The van der Waals surface area contributed by atoms with Crippen molar-refractivity contribution >= 4 is 17.9 Å². The summed E-state index contributed by atoms with van der Waals surface area (Å²) < 4.78 is 5.20. The number of carbonyl (C=O) groups excluding carboxylic acids is 1. The Labute approximate surface area is 172 Å². The summed E-state index contributed by atoms with van der Waals surface area (Å²) in [5, 5.41) is 0. The molecule has 1 aliphatic rings. The van der Waals surface area contributed by atoms with Crippen LogP contribution in [0.1, 0.15) is 30.4 Å². The van der Waals surface area contributed by atoms with Crippen molar-refractivity contribution in [2.75, 3.05) is 7.11 Å². The van der Waals surface area contributed by atoms with Crippen molar-refractivity contribution in [3.05, 3.63) is 101 Å². The van der Waals surface area contributed by atoms with Crippen LogP contribution in [0, 0.1) is 0 Å². The Morgan fingerprint density at radius 2 is 1.21 bits per heavy atom. The molecule has 2 nitrogen and oxygen atoms in total. The number of allylic oxidation sites excluding steroid dienone is 2. The van der Waals surface area contributed by atoms with E-state index in [1.54, 1.807) is 7.11 Å². The minimum Gasteiger partial charge on any atom is -0.497 e. The van der Waals surface area contributed by atoms with Crippen molar-refractivity contribution in [3.63, 3.8) is 0 Å². The van der Waals surface area contributed by atoms with E-state index in [0.29, 0.717) is 0 Å². The lowest BCUT2D eigenvalue weighted by Gasteiger charge is -2.16. The van der Waals surface area contributed by atoms with E-state index in [2.05, 4.69) is 36.4 Å². The largest absolute Gasteiger partial charge is 0.497 e. The first-order chi connectivity index (χ1) is 14.2. The fourth-order valence-electron chi connectivity index (χ4n) is 3.68. The van der Waals surface area contributed by atoms with Gasteiger partial charge in [-0.15, -0.1) is 0 Å². The predicted molar refractivity (Wildman–Crippen MR) is 120 cm³/mol. The first-order valence-corrected chi connectivity index (χ1v) is 9.98. The highest BCUT2D eigenvalue weighted by Gasteiger charge is 2.20. The molecule has 0 atom stereocenters. The average molecular weight is 380 g/mol. The normalized spacial score (nSPS) is 16.9. The summed E-state index contributed by atoms with van der Waals surface area (Å²) in [5.74, 6) is 0.987. The molecule has 144 valence electrons. The van der Waals surface area contributed by atoms with Gasteiger partial charge < -0.3 is 4.74 Å². The molecule has 2 heteroatoms. The van der Waals surface area contributed by atoms with Gasteiger partial charge in [-0.05, 0) is 65.8 Å². The topological polar surface area (TPSA) is 26.3 Å². The molecule has 4 rings (SSSR count). The van der Waals surface area contributed by atoms with E-state index in [0.717, 1.165) is 47.3 Å². The van der Waals surface area contributed by atoms with Gasteiger partial charge in [-0.1, -0.05) is 66.7 Å². The molecule has 0 N–H and O–H groups in total. The molecule has 0 bridgehead atoms. The standard InChI is InChI=1S/C27H24O2/c1-29-26-16-12-21(13-17-26)19-25-9-5-8-24(27(25)28)18-20-10-14-23(15-11-20)22-6-3-2-4-7-22/h2-4,6-7,10-19H,5,8-9H2,1H3/b24-18-,25-19-. The fourth-order valence-corrected chi connectivity index (χ4v) is 3.68. The van der Waals surface area contributed by atoms with Gasteiger partial charge in [0.25, 0.3) is 0 Å². The van der Waals surface area contributed by atoms with Crippen molar-refractivity contribution in [3.8, 4) is 16.9 Å². The van der Waals surface area contributed by atoms with Crippen molar-refractivity contribution in [1.82, 2.24) is 0 Å². The second-order valence-electron chi connectivity index (χ2n) is 7.28. The number of carbonyl (C=O) groups is 1. The number of ether oxygens (including phenoxy) is 1. The first kappa shape index (κ1) is 18.9. The van der Waals surface area contributed by atoms with Crippen LogP contribution in [0.2, 0.25) is 0 Å². The van der Waals surface area contributed by atoms with Gasteiger partial charge in [0.15, 0.2) is 5.78 Å². The van der Waals surface area contributed by atoms with Gasteiger partial charge >= 0.3 is 0 Å². The molecule has 29 heavy (non-hydrogen) atoms. The molecular formula is C27H24O2. The lowest BCUT2D eigenvalue weighted by atomic mass is 9.86. The van der Waals surface area contributed by atoms with Crippen LogP contribution in [0.5, 0.6) is 5.75 Å². The zero-order chi connectivity index (χ0) is 20.1. The van der Waals surface area contributed by atoms with E-state index in [9.17, 15) is 4.79 Å². The number of benzene rings is 3. The quantitative estimate of drug-likeness (QED) is 0.478. The van der Waals surface area contributed by atoms with Gasteiger partial charge in [-0.25, -0.2) is 0 Å². The minimum absolute atomic E-state index is 0.166. The molecule has 0 unspecified atom stereocenters. The van der Waals surface area contributed by atoms with E-state index in [4.69, 9.17) is 4.74 Å². The minimum atomic E-state index is 0.166. The number of ketones is 1. The van der Waals surface area contributed by atoms with Crippen molar-refractivity contribution < 1.29 is 9.53 Å². The maximum atomic E-state index is 13.0. The van der Waals surface area contributed by atoms with E-state index in [-0.39, 0.29) is 5.78 Å². The van der Waals surface area contributed by atoms with E-state index >= 15 is 0 Å².